The number of benzene rings is 2. The Hall–Kier alpha value is -2.13. The van der Waals surface area contributed by atoms with Gasteiger partial charge in [0, 0.05) is 30.8 Å². The van der Waals surface area contributed by atoms with Gasteiger partial charge in [0.25, 0.3) is 5.91 Å². The van der Waals surface area contributed by atoms with E-state index in [0.717, 1.165) is 28.8 Å². The first kappa shape index (κ1) is 12.9. The highest BCUT2D eigenvalue weighted by Crippen LogP contribution is 2.30. The smallest absolute Gasteiger partial charge is 0.258 e. The molecular formula is C17H17NO2. The van der Waals surface area contributed by atoms with Crippen molar-refractivity contribution in [2.45, 2.75) is 12.8 Å². The molecule has 0 spiro atoms. The Kier molecular flexibility index (Phi) is 3.52. The molecule has 3 nitrogen and oxygen atoms in total. The molecule has 102 valence electrons. The summed E-state index contributed by atoms with van der Waals surface area (Å²) in [7, 11) is 0. The normalized spacial score (nSPS) is 13.7. The zero-order chi connectivity index (χ0) is 13.9. The monoisotopic (exact) mass is 267 g/mol. The van der Waals surface area contributed by atoms with E-state index in [4.69, 9.17) is 5.11 Å². The summed E-state index contributed by atoms with van der Waals surface area (Å²) in [5.74, 6) is 0.0269. The van der Waals surface area contributed by atoms with Crippen molar-refractivity contribution in [3.63, 3.8) is 0 Å². The van der Waals surface area contributed by atoms with E-state index >= 15 is 0 Å². The molecule has 0 radical (unpaired) electrons. The molecule has 0 fully saturated rings. The topological polar surface area (TPSA) is 40.5 Å². The fraction of sp³-hybridized carbons (Fsp3) is 0.235. The Morgan fingerprint density at radius 2 is 1.70 bits per heavy atom. The van der Waals surface area contributed by atoms with Crippen LogP contribution in [0.3, 0.4) is 0 Å². The third-order valence-electron chi connectivity index (χ3n) is 3.70. The molecule has 1 heterocycles. The van der Waals surface area contributed by atoms with Crippen molar-refractivity contribution in [1.29, 1.82) is 0 Å². The molecule has 0 saturated carbocycles. The molecular weight excluding hydrogens is 250 g/mol. The second kappa shape index (κ2) is 5.47. The molecule has 1 N–H and O–H groups in total. The second-order valence-corrected chi connectivity index (χ2v) is 5.00. The minimum atomic E-state index is 0.0269. The van der Waals surface area contributed by atoms with Crippen molar-refractivity contribution in [2.24, 2.45) is 0 Å². The molecule has 2 aromatic rings. The van der Waals surface area contributed by atoms with Crippen LogP contribution in [0, 0.1) is 0 Å². The Balaban J connectivity index is 2.11. The fourth-order valence-corrected chi connectivity index (χ4v) is 2.72. The number of amides is 1. The first-order valence-electron chi connectivity index (χ1n) is 6.90. The molecule has 1 aliphatic rings. The van der Waals surface area contributed by atoms with Crippen LogP contribution in [0.2, 0.25) is 0 Å². The van der Waals surface area contributed by atoms with E-state index in [2.05, 4.69) is 6.07 Å². The van der Waals surface area contributed by atoms with E-state index in [1.54, 1.807) is 4.90 Å². The SMILES string of the molecule is O=C1c2ccccc2Cc2ccccc2N1CCCO. The summed E-state index contributed by atoms with van der Waals surface area (Å²) < 4.78 is 0. The maximum absolute atomic E-state index is 12.7. The molecule has 1 aliphatic heterocycles. The zero-order valence-electron chi connectivity index (χ0n) is 11.2. The van der Waals surface area contributed by atoms with Crippen LogP contribution in [0.4, 0.5) is 5.69 Å². The molecule has 0 saturated heterocycles. The number of aliphatic hydroxyl groups is 1. The summed E-state index contributed by atoms with van der Waals surface area (Å²) >= 11 is 0. The van der Waals surface area contributed by atoms with Crippen molar-refractivity contribution in [2.75, 3.05) is 18.1 Å². The first-order valence-corrected chi connectivity index (χ1v) is 6.90. The molecule has 0 unspecified atom stereocenters. The van der Waals surface area contributed by atoms with Crippen molar-refractivity contribution < 1.29 is 9.90 Å². The Bertz CT molecular complexity index is 636. The summed E-state index contributed by atoms with van der Waals surface area (Å²) in [5, 5.41) is 9.06. The van der Waals surface area contributed by atoms with Crippen LogP contribution in [0.25, 0.3) is 0 Å². The van der Waals surface area contributed by atoms with Gasteiger partial charge in [-0.1, -0.05) is 36.4 Å². The van der Waals surface area contributed by atoms with Gasteiger partial charge in [-0.05, 0) is 29.7 Å². The largest absolute Gasteiger partial charge is 0.396 e. The van der Waals surface area contributed by atoms with Crippen LogP contribution in [-0.2, 0) is 6.42 Å². The van der Waals surface area contributed by atoms with E-state index in [1.807, 2.05) is 42.5 Å². The lowest BCUT2D eigenvalue weighted by Gasteiger charge is -2.23. The number of anilines is 1. The van der Waals surface area contributed by atoms with Crippen LogP contribution in [0.15, 0.2) is 48.5 Å². The first-order chi connectivity index (χ1) is 9.81. The van der Waals surface area contributed by atoms with E-state index in [1.165, 1.54) is 0 Å². The third-order valence-corrected chi connectivity index (χ3v) is 3.70. The highest BCUT2D eigenvalue weighted by molar-refractivity contribution is 6.08. The van der Waals surface area contributed by atoms with Crippen molar-refractivity contribution in [3.8, 4) is 0 Å². The number of carbonyl (C=O) groups excluding carboxylic acids is 1. The summed E-state index contributed by atoms with van der Waals surface area (Å²) in [6.07, 6.45) is 1.36. The standard InChI is InChI=1S/C17H17NO2/c19-11-5-10-18-16-9-4-2-7-14(16)12-13-6-1-3-8-15(13)17(18)20/h1-4,6-9,19H,5,10-12H2. The van der Waals surface area contributed by atoms with Gasteiger partial charge in [0.15, 0.2) is 0 Å². The molecule has 3 rings (SSSR count). The lowest BCUT2D eigenvalue weighted by molar-refractivity contribution is 0.0985. The van der Waals surface area contributed by atoms with Gasteiger partial charge in [0.1, 0.15) is 0 Å². The number of nitrogens with zero attached hydrogens (tertiary/aromatic N) is 1. The predicted octanol–water partition coefficient (Wildman–Crippen LogP) is 2.62. The zero-order valence-corrected chi connectivity index (χ0v) is 11.2. The average Bonchev–Trinajstić information content (AvgIpc) is 2.60. The summed E-state index contributed by atoms with van der Waals surface area (Å²) in [5.41, 5.74) is 3.95. The van der Waals surface area contributed by atoms with Gasteiger partial charge in [-0.15, -0.1) is 0 Å². The summed E-state index contributed by atoms with van der Waals surface area (Å²) in [4.78, 5) is 14.5. The highest BCUT2D eigenvalue weighted by Gasteiger charge is 2.25. The van der Waals surface area contributed by atoms with Gasteiger partial charge in [-0.25, -0.2) is 0 Å². The van der Waals surface area contributed by atoms with Gasteiger partial charge in [-0.3, -0.25) is 4.79 Å². The van der Waals surface area contributed by atoms with Crippen LogP contribution >= 0.6 is 0 Å². The van der Waals surface area contributed by atoms with Crippen LogP contribution in [0.5, 0.6) is 0 Å². The molecule has 0 aromatic heterocycles. The number of fused-ring (bicyclic) bond motifs is 2. The Morgan fingerprint density at radius 3 is 2.50 bits per heavy atom. The molecule has 20 heavy (non-hydrogen) atoms. The maximum Gasteiger partial charge on any atom is 0.258 e. The van der Waals surface area contributed by atoms with Gasteiger partial charge >= 0.3 is 0 Å². The highest BCUT2D eigenvalue weighted by atomic mass is 16.3. The number of aliphatic hydroxyl groups excluding tert-OH is 1. The lowest BCUT2D eigenvalue weighted by Crippen LogP contribution is -2.32. The second-order valence-electron chi connectivity index (χ2n) is 5.00. The van der Waals surface area contributed by atoms with E-state index < -0.39 is 0 Å². The quantitative estimate of drug-likeness (QED) is 0.928. The predicted molar refractivity (Wildman–Crippen MR) is 79.1 cm³/mol. The fourth-order valence-electron chi connectivity index (χ4n) is 2.72. The van der Waals surface area contributed by atoms with Crippen LogP contribution < -0.4 is 4.90 Å². The molecule has 0 aliphatic carbocycles. The van der Waals surface area contributed by atoms with Crippen molar-refractivity contribution in [3.05, 3.63) is 65.2 Å². The lowest BCUT2D eigenvalue weighted by atomic mass is 10.0. The number of hydrogen-bond acceptors (Lipinski definition) is 2. The van der Waals surface area contributed by atoms with Gasteiger partial charge in [0.05, 0.1) is 0 Å². The van der Waals surface area contributed by atoms with Crippen molar-refractivity contribution in [1.82, 2.24) is 0 Å². The third kappa shape index (κ3) is 2.21. The molecule has 0 bridgehead atoms. The minimum Gasteiger partial charge on any atom is -0.396 e. The summed E-state index contributed by atoms with van der Waals surface area (Å²) in [6.45, 7) is 0.633. The average molecular weight is 267 g/mol. The van der Waals surface area contributed by atoms with E-state index in [0.29, 0.717) is 13.0 Å². The molecule has 1 amide bonds. The van der Waals surface area contributed by atoms with Crippen LogP contribution in [0.1, 0.15) is 27.9 Å². The Morgan fingerprint density at radius 1 is 1.00 bits per heavy atom. The minimum absolute atomic E-state index is 0.0269. The number of hydrogen-bond donors (Lipinski definition) is 1. The van der Waals surface area contributed by atoms with Crippen molar-refractivity contribution >= 4 is 11.6 Å². The molecule has 3 heteroatoms. The summed E-state index contributed by atoms with van der Waals surface area (Å²) in [6, 6.07) is 15.8. The maximum atomic E-state index is 12.7. The number of carbonyl (C=O) groups is 1. The van der Waals surface area contributed by atoms with Gasteiger partial charge in [-0.2, -0.15) is 0 Å². The van der Waals surface area contributed by atoms with E-state index in [9.17, 15) is 4.79 Å². The van der Waals surface area contributed by atoms with Gasteiger partial charge in [0.2, 0.25) is 0 Å². The number of para-hydroxylation sites is 1. The van der Waals surface area contributed by atoms with Gasteiger partial charge < -0.3 is 10.0 Å². The van der Waals surface area contributed by atoms with E-state index in [-0.39, 0.29) is 12.5 Å². The molecule has 2 aromatic carbocycles. The molecule has 0 atom stereocenters. The van der Waals surface area contributed by atoms with Crippen LogP contribution in [-0.4, -0.2) is 24.2 Å². The Labute approximate surface area is 118 Å². The number of rotatable bonds is 3.